The second kappa shape index (κ2) is 7.20. The lowest BCUT2D eigenvalue weighted by molar-refractivity contribution is 0.107. The van der Waals surface area contributed by atoms with Crippen LogP contribution in [0.2, 0.25) is 0 Å². The molecule has 7 heteroatoms. The summed E-state index contributed by atoms with van der Waals surface area (Å²) in [5.41, 5.74) is 0. The Balaban J connectivity index is 1.95. The molecule has 0 bridgehead atoms. The first-order chi connectivity index (χ1) is 10.0. The minimum Gasteiger partial charge on any atom is -0.378 e. The highest BCUT2D eigenvalue weighted by atomic mass is 32.2. The van der Waals surface area contributed by atoms with E-state index < -0.39 is 10.0 Å². The number of nitrogens with zero attached hydrogens (tertiary/aromatic N) is 1. The molecule has 0 spiro atoms. The van der Waals surface area contributed by atoms with Crippen molar-refractivity contribution in [1.82, 2.24) is 9.71 Å². The average Bonchev–Trinajstić information content (AvgIpc) is 2.89. The molecule has 2 atom stereocenters. The van der Waals surface area contributed by atoms with Crippen LogP contribution in [-0.4, -0.2) is 39.2 Å². The van der Waals surface area contributed by atoms with Crippen LogP contribution in [0.4, 0.5) is 5.82 Å². The van der Waals surface area contributed by atoms with E-state index >= 15 is 0 Å². The van der Waals surface area contributed by atoms with Gasteiger partial charge in [-0.1, -0.05) is 6.92 Å². The predicted octanol–water partition coefficient (Wildman–Crippen LogP) is 1.61. The van der Waals surface area contributed by atoms with E-state index in [-0.39, 0.29) is 16.9 Å². The third kappa shape index (κ3) is 4.39. The lowest BCUT2D eigenvalue weighted by Crippen LogP contribution is -2.32. The monoisotopic (exact) mass is 313 g/mol. The highest BCUT2D eigenvalue weighted by Gasteiger charge is 2.26. The van der Waals surface area contributed by atoms with Crippen LogP contribution < -0.4 is 10.0 Å². The van der Waals surface area contributed by atoms with Crippen LogP contribution in [0.1, 0.15) is 26.7 Å². The zero-order valence-electron chi connectivity index (χ0n) is 12.5. The van der Waals surface area contributed by atoms with E-state index in [1.165, 1.54) is 6.20 Å². The molecule has 0 aliphatic carbocycles. The van der Waals surface area contributed by atoms with Crippen molar-refractivity contribution in [3.8, 4) is 0 Å². The number of hydrogen-bond acceptors (Lipinski definition) is 5. The maximum absolute atomic E-state index is 12.2. The van der Waals surface area contributed by atoms with E-state index in [2.05, 4.69) is 21.9 Å². The first-order valence-electron chi connectivity index (χ1n) is 7.34. The SMILES string of the molecule is CCCNc1ccc(S(=O)(=O)NCC2CCOC2C)cn1. The molecule has 21 heavy (non-hydrogen) atoms. The fourth-order valence-electron chi connectivity index (χ4n) is 2.24. The third-order valence-electron chi connectivity index (χ3n) is 3.67. The van der Waals surface area contributed by atoms with E-state index in [1.807, 2.05) is 6.92 Å². The van der Waals surface area contributed by atoms with Crippen LogP contribution >= 0.6 is 0 Å². The summed E-state index contributed by atoms with van der Waals surface area (Å²) in [6.07, 6.45) is 3.37. The number of sulfonamides is 1. The molecule has 2 N–H and O–H groups in total. The number of aromatic nitrogens is 1. The van der Waals surface area contributed by atoms with Gasteiger partial charge >= 0.3 is 0 Å². The van der Waals surface area contributed by atoms with Crippen molar-refractivity contribution in [3.05, 3.63) is 18.3 Å². The summed E-state index contributed by atoms with van der Waals surface area (Å²) in [5.74, 6) is 0.923. The summed E-state index contributed by atoms with van der Waals surface area (Å²) in [6, 6.07) is 3.26. The smallest absolute Gasteiger partial charge is 0.242 e. The zero-order valence-corrected chi connectivity index (χ0v) is 13.3. The Bertz CT molecular complexity index is 545. The number of nitrogens with one attached hydrogen (secondary N) is 2. The first-order valence-corrected chi connectivity index (χ1v) is 8.82. The number of anilines is 1. The van der Waals surface area contributed by atoms with Crippen molar-refractivity contribution in [2.75, 3.05) is 25.0 Å². The highest BCUT2D eigenvalue weighted by molar-refractivity contribution is 7.89. The molecule has 1 aromatic heterocycles. The summed E-state index contributed by atoms with van der Waals surface area (Å²) in [4.78, 5) is 4.31. The molecule has 1 saturated heterocycles. The van der Waals surface area contributed by atoms with Crippen molar-refractivity contribution in [2.45, 2.75) is 37.7 Å². The second-order valence-electron chi connectivity index (χ2n) is 5.28. The molecular weight excluding hydrogens is 290 g/mol. The van der Waals surface area contributed by atoms with Crippen molar-refractivity contribution >= 4 is 15.8 Å². The Hall–Kier alpha value is -1.18. The van der Waals surface area contributed by atoms with Crippen LogP contribution in [0, 0.1) is 5.92 Å². The number of ether oxygens (including phenoxy) is 1. The standard InChI is InChI=1S/C14H23N3O3S/c1-3-7-15-14-5-4-13(10-16-14)21(18,19)17-9-12-6-8-20-11(12)2/h4-5,10-12,17H,3,6-9H2,1-2H3,(H,15,16). The molecule has 1 fully saturated rings. The van der Waals surface area contributed by atoms with Crippen molar-refractivity contribution in [3.63, 3.8) is 0 Å². The van der Waals surface area contributed by atoms with Crippen LogP contribution in [-0.2, 0) is 14.8 Å². The van der Waals surface area contributed by atoms with E-state index in [0.29, 0.717) is 19.0 Å². The highest BCUT2D eigenvalue weighted by Crippen LogP contribution is 2.20. The first kappa shape index (κ1) is 16.2. The third-order valence-corrected chi connectivity index (χ3v) is 5.08. The Labute approximate surface area is 126 Å². The maximum atomic E-state index is 12.2. The molecular formula is C14H23N3O3S. The molecule has 1 aromatic rings. The van der Waals surface area contributed by atoms with Crippen LogP contribution in [0.25, 0.3) is 0 Å². The summed E-state index contributed by atoms with van der Waals surface area (Å²) < 4.78 is 32.5. The molecule has 2 unspecified atom stereocenters. The molecule has 1 aliphatic rings. The zero-order chi connectivity index (χ0) is 15.3. The molecule has 1 aliphatic heterocycles. The molecule has 6 nitrogen and oxygen atoms in total. The molecule has 2 heterocycles. The number of pyridine rings is 1. The normalized spacial score (nSPS) is 22.4. The van der Waals surface area contributed by atoms with E-state index in [4.69, 9.17) is 4.74 Å². The summed E-state index contributed by atoms with van der Waals surface area (Å²) in [5, 5.41) is 3.11. The van der Waals surface area contributed by atoms with Crippen LogP contribution in [0.5, 0.6) is 0 Å². The van der Waals surface area contributed by atoms with E-state index in [0.717, 1.165) is 19.4 Å². The van der Waals surface area contributed by atoms with Gasteiger partial charge in [0.2, 0.25) is 10.0 Å². The Kier molecular flexibility index (Phi) is 5.55. The Morgan fingerprint density at radius 3 is 2.81 bits per heavy atom. The Morgan fingerprint density at radius 1 is 1.43 bits per heavy atom. The van der Waals surface area contributed by atoms with Gasteiger partial charge in [-0.15, -0.1) is 0 Å². The predicted molar refractivity (Wildman–Crippen MR) is 81.7 cm³/mol. The fraction of sp³-hybridized carbons (Fsp3) is 0.643. The quantitative estimate of drug-likeness (QED) is 0.799. The molecule has 2 rings (SSSR count). The second-order valence-corrected chi connectivity index (χ2v) is 7.05. The van der Waals surface area contributed by atoms with E-state index in [1.54, 1.807) is 12.1 Å². The summed E-state index contributed by atoms with van der Waals surface area (Å²) in [6.45, 7) is 5.95. The van der Waals surface area contributed by atoms with Gasteiger partial charge in [0.25, 0.3) is 0 Å². The lowest BCUT2D eigenvalue weighted by atomic mass is 10.0. The van der Waals surface area contributed by atoms with Gasteiger partial charge in [0, 0.05) is 31.8 Å². The number of rotatable bonds is 7. The largest absolute Gasteiger partial charge is 0.378 e. The summed E-state index contributed by atoms with van der Waals surface area (Å²) >= 11 is 0. The molecule has 118 valence electrons. The van der Waals surface area contributed by atoms with Gasteiger partial charge in [-0.25, -0.2) is 18.1 Å². The van der Waals surface area contributed by atoms with E-state index in [9.17, 15) is 8.42 Å². The molecule has 0 radical (unpaired) electrons. The van der Waals surface area contributed by atoms with Gasteiger partial charge < -0.3 is 10.1 Å². The Morgan fingerprint density at radius 2 is 2.24 bits per heavy atom. The summed E-state index contributed by atoms with van der Waals surface area (Å²) in [7, 11) is -3.50. The molecule has 0 saturated carbocycles. The molecule has 0 aromatic carbocycles. The average molecular weight is 313 g/mol. The minimum atomic E-state index is -3.50. The lowest BCUT2D eigenvalue weighted by Gasteiger charge is -2.15. The fourth-order valence-corrected chi connectivity index (χ4v) is 3.28. The van der Waals surface area contributed by atoms with Gasteiger partial charge in [0.05, 0.1) is 6.10 Å². The topological polar surface area (TPSA) is 80.3 Å². The van der Waals surface area contributed by atoms with Crippen LogP contribution in [0.15, 0.2) is 23.2 Å². The van der Waals surface area contributed by atoms with Gasteiger partial charge in [0.15, 0.2) is 0 Å². The van der Waals surface area contributed by atoms with Gasteiger partial charge in [-0.05, 0) is 31.9 Å². The minimum absolute atomic E-state index is 0.103. The molecule has 0 amide bonds. The maximum Gasteiger partial charge on any atom is 0.242 e. The van der Waals surface area contributed by atoms with Crippen molar-refractivity contribution in [2.24, 2.45) is 5.92 Å². The number of hydrogen-bond donors (Lipinski definition) is 2. The van der Waals surface area contributed by atoms with Gasteiger partial charge in [0.1, 0.15) is 10.7 Å². The van der Waals surface area contributed by atoms with Gasteiger partial charge in [-0.3, -0.25) is 0 Å². The van der Waals surface area contributed by atoms with Crippen molar-refractivity contribution < 1.29 is 13.2 Å². The van der Waals surface area contributed by atoms with Gasteiger partial charge in [-0.2, -0.15) is 0 Å². The van der Waals surface area contributed by atoms with Crippen molar-refractivity contribution in [1.29, 1.82) is 0 Å². The van der Waals surface area contributed by atoms with Crippen LogP contribution in [0.3, 0.4) is 0 Å².